The van der Waals surface area contributed by atoms with Crippen molar-refractivity contribution in [3.63, 3.8) is 0 Å². The van der Waals surface area contributed by atoms with E-state index in [0.29, 0.717) is 0 Å². The van der Waals surface area contributed by atoms with Crippen LogP contribution in [0, 0.1) is 0 Å². The molecule has 17 heavy (non-hydrogen) atoms. The Morgan fingerprint density at radius 1 is 0.824 bits per heavy atom. The lowest BCUT2D eigenvalue weighted by Gasteiger charge is -2.01. The van der Waals surface area contributed by atoms with Crippen LogP contribution in [0.2, 0.25) is 0 Å². The monoisotopic (exact) mass is 286 g/mol. The number of hydrogen-bond acceptors (Lipinski definition) is 0. The zero-order chi connectivity index (χ0) is 11.9. The molecule has 0 fully saturated rings. The highest BCUT2D eigenvalue weighted by molar-refractivity contribution is 9.09. The Bertz CT molecular complexity index is 469. The van der Waals surface area contributed by atoms with Crippen LogP contribution < -0.4 is 0 Å². The Morgan fingerprint density at radius 2 is 1.47 bits per heavy atom. The summed E-state index contributed by atoms with van der Waals surface area (Å²) in [5.74, 6) is 0. The molecule has 2 aromatic rings. The van der Waals surface area contributed by atoms with Gasteiger partial charge in [0, 0.05) is 5.33 Å². The first-order valence-corrected chi connectivity index (χ1v) is 6.90. The molecule has 0 bridgehead atoms. The van der Waals surface area contributed by atoms with Gasteiger partial charge in [-0.25, -0.2) is 0 Å². The second-order valence-electron chi connectivity index (χ2n) is 3.87. The predicted molar refractivity (Wildman–Crippen MR) is 79.3 cm³/mol. The number of benzene rings is 2. The molecular weight excluding hydrogens is 272 g/mol. The zero-order valence-electron chi connectivity index (χ0n) is 9.64. The van der Waals surface area contributed by atoms with Gasteiger partial charge in [-0.3, -0.25) is 0 Å². The maximum absolute atomic E-state index is 3.41. The third-order valence-electron chi connectivity index (χ3n) is 2.60. The standard InChI is InChI=1S/C16H15Br/c17-13-5-4-6-14-9-11-16(12-10-14)15-7-2-1-3-8-15/h1-4,6-12H,5,13H2/b6-4+. The predicted octanol–water partition coefficient (Wildman–Crippen LogP) is 5.15. The summed E-state index contributed by atoms with van der Waals surface area (Å²) in [5, 5.41) is 1.02. The van der Waals surface area contributed by atoms with Crippen molar-refractivity contribution in [3.05, 3.63) is 66.2 Å². The van der Waals surface area contributed by atoms with Gasteiger partial charge in [-0.1, -0.05) is 82.7 Å². The molecule has 2 rings (SSSR count). The molecule has 0 spiro atoms. The van der Waals surface area contributed by atoms with Crippen LogP contribution in [-0.4, -0.2) is 5.33 Å². The van der Waals surface area contributed by atoms with Crippen molar-refractivity contribution >= 4 is 22.0 Å². The molecule has 0 N–H and O–H groups in total. The number of halogens is 1. The highest BCUT2D eigenvalue weighted by atomic mass is 79.9. The molecule has 0 aliphatic carbocycles. The minimum absolute atomic E-state index is 1.02. The van der Waals surface area contributed by atoms with Crippen molar-refractivity contribution in [1.82, 2.24) is 0 Å². The fourth-order valence-corrected chi connectivity index (χ4v) is 1.96. The summed E-state index contributed by atoms with van der Waals surface area (Å²) in [6.07, 6.45) is 5.42. The lowest BCUT2D eigenvalue weighted by Crippen LogP contribution is -1.77. The van der Waals surface area contributed by atoms with Gasteiger partial charge in [0.2, 0.25) is 0 Å². The molecule has 1 heteroatoms. The molecular formula is C16H15Br. The molecule has 0 aliphatic heterocycles. The van der Waals surface area contributed by atoms with Gasteiger partial charge in [-0.2, -0.15) is 0 Å². The molecule has 0 aliphatic rings. The molecule has 0 atom stereocenters. The van der Waals surface area contributed by atoms with E-state index in [9.17, 15) is 0 Å². The average molecular weight is 287 g/mol. The van der Waals surface area contributed by atoms with Crippen molar-refractivity contribution < 1.29 is 0 Å². The second-order valence-corrected chi connectivity index (χ2v) is 4.66. The molecule has 0 saturated heterocycles. The maximum atomic E-state index is 3.41. The van der Waals surface area contributed by atoms with Gasteiger partial charge in [0.15, 0.2) is 0 Å². The molecule has 0 unspecified atom stereocenters. The zero-order valence-corrected chi connectivity index (χ0v) is 11.2. The van der Waals surface area contributed by atoms with Gasteiger partial charge in [0.1, 0.15) is 0 Å². The van der Waals surface area contributed by atoms with Crippen LogP contribution in [0.15, 0.2) is 60.7 Å². The first kappa shape index (κ1) is 12.1. The van der Waals surface area contributed by atoms with Crippen molar-refractivity contribution in [2.75, 3.05) is 5.33 Å². The molecule has 2 aromatic carbocycles. The minimum Gasteiger partial charge on any atom is -0.0925 e. The van der Waals surface area contributed by atoms with Gasteiger partial charge >= 0.3 is 0 Å². The molecule has 0 aromatic heterocycles. The van der Waals surface area contributed by atoms with Gasteiger partial charge in [0.05, 0.1) is 0 Å². The van der Waals surface area contributed by atoms with Crippen LogP contribution in [0.1, 0.15) is 12.0 Å². The van der Waals surface area contributed by atoms with E-state index in [2.05, 4.69) is 76.6 Å². The van der Waals surface area contributed by atoms with Crippen LogP contribution in [0.5, 0.6) is 0 Å². The summed E-state index contributed by atoms with van der Waals surface area (Å²) in [5.41, 5.74) is 3.79. The van der Waals surface area contributed by atoms with E-state index in [-0.39, 0.29) is 0 Å². The van der Waals surface area contributed by atoms with Gasteiger partial charge in [-0.05, 0) is 23.1 Å². The van der Waals surface area contributed by atoms with Gasteiger partial charge in [0.25, 0.3) is 0 Å². The summed E-state index contributed by atoms with van der Waals surface area (Å²) < 4.78 is 0. The Hall–Kier alpha value is -1.34. The number of alkyl halides is 1. The normalized spacial score (nSPS) is 10.9. The average Bonchev–Trinajstić information content (AvgIpc) is 2.41. The highest BCUT2D eigenvalue weighted by Gasteiger charge is 1.95. The largest absolute Gasteiger partial charge is 0.0925 e. The Labute approximate surface area is 111 Å². The van der Waals surface area contributed by atoms with Crippen LogP contribution in [0.25, 0.3) is 17.2 Å². The van der Waals surface area contributed by atoms with Crippen molar-refractivity contribution in [1.29, 1.82) is 0 Å². The second kappa shape index (κ2) is 6.41. The summed E-state index contributed by atoms with van der Waals surface area (Å²) in [7, 11) is 0. The van der Waals surface area contributed by atoms with Crippen LogP contribution in [0.3, 0.4) is 0 Å². The van der Waals surface area contributed by atoms with E-state index in [1.165, 1.54) is 16.7 Å². The van der Waals surface area contributed by atoms with Crippen LogP contribution in [-0.2, 0) is 0 Å². The highest BCUT2D eigenvalue weighted by Crippen LogP contribution is 2.19. The first-order chi connectivity index (χ1) is 8.40. The lowest BCUT2D eigenvalue weighted by molar-refractivity contribution is 1.27. The topological polar surface area (TPSA) is 0 Å². The van der Waals surface area contributed by atoms with E-state index < -0.39 is 0 Å². The third-order valence-corrected chi connectivity index (χ3v) is 3.06. The van der Waals surface area contributed by atoms with Crippen molar-refractivity contribution in [2.24, 2.45) is 0 Å². The van der Waals surface area contributed by atoms with E-state index >= 15 is 0 Å². The number of rotatable bonds is 4. The fraction of sp³-hybridized carbons (Fsp3) is 0.125. The first-order valence-electron chi connectivity index (χ1n) is 5.78. The Balaban J connectivity index is 2.13. The van der Waals surface area contributed by atoms with Crippen molar-refractivity contribution in [3.8, 4) is 11.1 Å². The SMILES string of the molecule is BrCC/C=C/c1ccc(-c2ccccc2)cc1. The fourth-order valence-electron chi connectivity index (χ4n) is 1.70. The Morgan fingerprint density at radius 3 is 2.12 bits per heavy atom. The maximum Gasteiger partial charge on any atom is 0.00660 e. The van der Waals surface area contributed by atoms with Crippen molar-refractivity contribution in [2.45, 2.75) is 6.42 Å². The number of allylic oxidation sites excluding steroid dienone is 1. The summed E-state index contributed by atoms with van der Waals surface area (Å²) in [6, 6.07) is 19.1. The van der Waals surface area contributed by atoms with E-state index in [0.717, 1.165) is 11.8 Å². The van der Waals surface area contributed by atoms with E-state index in [1.807, 2.05) is 6.07 Å². The Kier molecular flexibility index (Phi) is 4.57. The minimum atomic E-state index is 1.02. The van der Waals surface area contributed by atoms with Gasteiger partial charge < -0.3 is 0 Å². The molecule has 0 nitrogen and oxygen atoms in total. The molecule has 0 heterocycles. The molecule has 0 saturated carbocycles. The molecule has 0 radical (unpaired) electrons. The van der Waals surface area contributed by atoms with Crippen LogP contribution >= 0.6 is 15.9 Å². The number of hydrogen-bond donors (Lipinski definition) is 0. The quantitative estimate of drug-likeness (QED) is 0.682. The lowest BCUT2D eigenvalue weighted by atomic mass is 10.0. The van der Waals surface area contributed by atoms with E-state index in [1.54, 1.807) is 0 Å². The molecule has 86 valence electrons. The molecule has 0 amide bonds. The smallest absolute Gasteiger partial charge is 0.00660 e. The van der Waals surface area contributed by atoms with Gasteiger partial charge in [-0.15, -0.1) is 0 Å². The third kappa shape index (κ3) is 3.57. The summed E-state index contributed by atoms with van der Waals surface area (Å²) in [6.45, 7) is 0. The summed E-state index contributed by atoms with van der Waals surface area (Å²) >= 11 is 3.41. The summed E-state index contributed by atoms with van der Waals surface area (Å²) in [4.78, 5) is 0. The van der Waals surface area contributed by atoms with E-state index in [4.69, 9.17) is 0 Å². The van der Waals surface area contributed by atoms with Crippen LogP contribution in [0.4, 0.5) is 0 Å².